The summed E-state index contributed by atoms with van der Waals surface area (Å²) in [6, 6.07) is 2.02. The Kier molecular flexibility index (Phi) is 4.75. The first-order valence-corrected chi connectivity index (χ1v) is 6.77. The quantitative estimate of drug-likeness (QED) is 0.825. The fourth-order valence-corrected chi connectivity index (χ4v) is 2.15. The molecular weight excluding hydrogens is 226 g/mol. The first kappa shape index (κ1) is 13.1. The maximum Gasteiger partial charge on any atom is 0.133 e. The Labute approximate surface area is 109 Å². The molecule has 1 aliphatic rings. The summed E-state index contributed by atoms with van der Waals surface area (Å²) in [4.78, 5) is 10.7. The molecule has 1 aliphatic heterocycles. The van der Waals surface area contributed by atoms with Crippen molar-refractivity contribution in [2.75, 3.05) is 43.4 Å². The van der Waals surface area contributed by atoms with Crippen molar-refractivity contribution >= 4 is 11.6 Å². The molecule has 0 aliphatic carbocycles. The minimum absolute atomic E-state index is 0.758. The lowest BCUT2D eigenvalue weighted by Crippen LogP contribution is -2.31. The summed E-state index contributed by atoms with van der Waals surface area (Å²) in [6.45, 7) is 6.35. The van der Waals surface area contributed by atoms with Crippen LogP contribution >= 0.6 is 0 Å². The van der Waals surface area contributed by atoms with Crippen LogP contribution < -0.4 is 15.5 Å². The van der Waals surface area contributed by atoms with E-state index in [9.17, 15) is 0 Å². The standard InChI is InChI=1S/C13H23N5/c1-3-18(2)13-8-12(16-10-17-13)15-9-11-4-6-14-7-5-11/h8,10-11,14H,3-7,9H2,1-2H3,(H,15,16,17). The van der Waals surface area contributed by atoms with E-state index in [0.717, 1.165) is 43.7 Å². The molecule has 0 amide bonds. The van der Waals surface area contributed by atoms with Crippen LogP contribution in [0.15, 0.2) is 12.4 Å². The molecule has 0 atom stereocenters. The van der Waals surface area contributed by atoms with Gasteiger partial charge in [-0.1, -0.05) is 0 Å². The number of nitrogens with one attached hydrogen (secondary N) is 2. The van der Waals surface area contributed by atoms with Crippen LogP contribution in [0.2, 0.25) is 0 Å². The minimum atomic E-state index is 0.758. The van der Waals surface area contributed by atoms with Gasteiger partial charge in [-0.3, -0.25) is 0 Å². The SMILES string of the molecule is CCN(C)c1cc(NCC2CCNCC2)ncn1. The van der Waals surface area contributed by atoms with Gasteiger partial charge in [-0.25, -0.2) is 9.97 Å². The summed E-state index contributed by atoms with van der Waals surface area (Å²) in [5, 5.41) is 6.81. The Hall–Kier alpha value is -1.36. The third-order valence-corrected chi connectivity index (χ3v) is 3.55. The summed E-state index contributed by atoms with van der Waals surface area (Å²) in [5.74, 6) is 2.66. The van der Waals surface area contributed by atoms with E-state index in [0.29, 0.717) is 0 Å². The molecule has 2 rings (SSSR count). The second kappa shape index (κ2) is 6.54. The molecule has 5 nitrogen and oxygen atoms in total. The molecule has 1 fully saturated rings. The first-order chi connectivity index (χ1) is 8.79. The first-order valence-electron chi connectivity index (χ1n) is 6.77. The van der Waals surface area contributed by atoms with Gasteiger partial charge < -0.3 is 15.5 Å². The third-order valence-electron chi connectivity index (χ3n) is 3.55. The van der Waals surface area contributed by atoms with Crippen LogP contribution in [0.25, 0.3) is 0 Å². The zero-order valence-electron chi connectivity index (χ0n) is 11.3. The number of hydrogen-bond acceptors (Lipinski definition) is 5. The van der Waals surface area contributed by atoms with E-state index in [-0.39, 0.29) is 0 Å². The molecule has 18 heavy (non-hydrogen) atoms. The highest BCUT2D eigenvalue weighted by Gasteiger charge is 2.12. The molecule has 2 heterocycles. The van der Waals surface area contributed by atoms with Gasteiger partial charge in [0.05, 0.1) is 0 Å². The van der Waals surface area contributed by atoms with E-state index in [1.54, 1.807) is 6.33 Å². The number of rotatable bonds is 5. The van der Waals surface area contributed by atoms with Crippen LogP contribution in [-0.2, 0) is 0 Å². The summed E-state index contributed by atoms with van der Waals surface area (Å²) in [5.41, 5.74) is 0. The van der Waals surface area contributed by atoms with Crippen molar-refractivity contribution in [3.8, 4) is 0 Å². The van der Waals surface area contributed by atoms with E-state index in [4.69, 9.17) is 0 Å². The fraction of sp³-hybridized carbons (Fsp3) is 0.692. The Morgan fingerprint density at radius 2 is 2.17 bits per heavy atom. The lowest BCUT2D eigenvalue weighted by molar-refractivity contribution is 0.389. The van der Waals surface area contributed by atoms with E-state index in [2.05, 4.69) is 32.4 Å². The van der Waals surface area contributed by atoms with Crippen molar-refractivity contribution in [2.45, 2.75) is 19.8 Å². The van der Waals surface area contributed by atoms with Crippen LogP contribution in [0.3, 0.4) is 0 Å². The molecule has 0 saturated carbocycles. The Morgan fingerprint density at radius 1 is 1.39 bits per heavy atom. The van der Waals surface area contributed by atoms with Crippen molar-refractivity contribution in [3.63, 3.8) is 0 Å². The van der Waals surface area contributed by atoms with Gasteiger partial charge in [0.1, 0.15) is 18.0 Å². The molecule has 0 aromatic carbocycles. The number of aromatic nitrogens is 2. The highest BCUT2D eigenvalue weighted by molar-refractivity contribution is 5.47. The third kappa shape index (κ3) is 3.57. The van der Waals surface area contributed by atoms with Crippen LogP contribution in [0.5, 0.6) is 0 Å². The number of nitrogens with zero attached hydrogens (tertiary/aromatic N) is 3. The topological polar surface area (TPSA) is 53.1 Å². The molecule has 1 aromatic rings. The molecular formula is C13H23N5. The smallest absolute Gasteiger partial charge is 0.133 e. The van der Waals surface area contributed by atoms with Gasteiger partial charge in [0.15, 0.2) is 0 Å². The zero-order valence-corrected chi connectivity index (χ0v) is 11.3. The maximum atomic E-state index is 4.28. The van der Waals surface area contributed by atoms with Crippen molar-refractivity contribution in [2.24, 2.45) is 5.92 Å². The molecule has 1 aromatic heterocycles. The zero-order chi connectivity index (χ0) is 12.8. The molecule has 0 spiro atoms. The van der Waals surface area contributed by atoms with Crippen molar-refractivity contribution in [3.05, 3.63) is 12.4 Å². The van der Waals surface area contributed by atoms with E-state index >= 15 is 0 Å². The van der Waals surface area contributed by atoms with Crippen LogP contribution in [0.4, 0.5) is 11.6 Å². The van der Waals surface area contributed by atoms with Crippen molar-refractivity contribution in [1.82, 2.24) is 15.3 Å². The van der Waals surface area contributed by atoms with Gasteiger partial charge in [-0.2, -0.15) is 0 Å². The summed E-state index contributed by atoms with van der Waals surface area (Å²) >= 11 is 0. The average Bonchev–Trinajstić information content (AvgIpc) is 2.45. The van der Waals surface area contributed by atoms with E-state index in [1.807, 2.05) is 13.1 Å². The molecule has 1 saturated heterocycles. The highest BCUT2D eigenvalue weighted by atomic mass is 15.2. The Morgan fingerprint density at radius 3 is 2.89 bits per heavy atom. The Balaban J connectivity index is 1.88. The summed E-state index contributed by atoms with van der Waals surface area (Å²) in [6.07, 6.45) is 4.13. The van der Waals surface area contributed by atoms with Gasteiger partial charge in [0.25, 0.3) is 0 Å². The van der Waals surface area contributed by atoms with Crippen LogP contribution in [0.1, 0.15) is 19.8 Å². The summed E-state index contributed by atoms with van der Waals surface area (Å²) in [7, 11) is 2.04. The molecule has 0 bridgehead atoms. The van der Waals surface area contributed by atoms with Gasteiger partial charge >= 0.3 is 0 Å². The predicted molar refractivity (Wildman–Crippen MR) is 75.1 cm³/mol. The van der Waals surface area contributed by atoms with Gasteiger partial charge in [0, 0.05) is 26.2 Å². The van der Waals surface area contributed by atoms with Crippen molar-refractivity contribution < 1.29 is 0 Å². The number of anilines is 2. The largest absolute Gasteiger partial charge is 0.370 e. The summed E-state index contributed by atoms with van der Waals surface area (Å²) < 4.78 is 0. The van der Waals surface area contributed by atoms with Gasteiger partial charge in [-0.05, 0) is 38.8 Å². The number of piperidine rings is 1. The second-order valence-electron chi connectivity index (χ2n) is 4.85. The fourth-order valence-electron chi connectivity index (χ4n) is 2.15. The normalized spacial score (nSPS) is 16.6. The lowest BCUT2D eigenvalue weighted by Gasteiger charge is -2.23. The van der Waals surface area contributed by atoms with Crippen LogP contribution in [0, 0.1) is 5.92 Å². The molecule has 0 radical (unpaired) electrons. The molecule has 100 valence electrons. The van der Waals surface area contributed by atoms with Crippen LogP contribution in [-0.4, -0.2) is 43.2 Å². The Bertz CT molecular complexity index is 362. The van der Waals surface area contributed by atoms with Gasteiger partial charge in [0.2, 0.25) is 0 Å². The van der Waals surface area contributed by atoms with E-state index in [1.165, 1.54) is 12.8 Å². The number of hydrogen-bond donors (Lipinski definition) is 2. The predicted octanol–water partition coefficient (Wildman–Crippen LogP) is 1.34. The highest BCUT2D eigenvalue weighted by Crippen LogP contribution is 2.15. The average molecular weight is 249 g/mol. The van der Waals surface area contributed by atoms with Gasteiger partial charge in [-0.15, -0.1) is 0 Å². The minimum Gasteiger partial charge on any atom is -0.370 e. The van der Waals surface area contributed by atoms with E-state index < -0.39 is 0 Å². The molecule has 5 heteroatoms. The maximum absolute atomic E-state index is 4.28. The van der Waals surface area contributed by atoms with Crippen molar-refractivity contribution in [1.29, 1.82) is 0 Å². The molecule has 2 N–H and O–H groups in total. The molecule has 0 unspecified atom stereocenters. The monoisotopic (exact) mass is 249 g/mol. The lowest BCUT2D eigenvalue weighted by atomic mass is 9.98. The second-order valence-corrected chi connectivity index (χ2v) is 4.85.